The third kappa shape index (κ3) is 3.53. The summed E-state index contributed by atoms with van der Waals surface area (Å²) in [6.07, 6.45) is 7.48. The molecule has 1 aliphatic heterocycles. The lowest BCUT2D eigenvalue weighted by molar-refractivity contribution is 0.00578. The highest BCUT2D eigenvalue weighted by atomic mass is 16.7. The van der Waals surface area contributed by atoms with Crippen LogP contribution in [-0.2, 0) is 9.31 Å². The van der Waals surface area contributed by atoms with E-state index in [2.05, 4.69) is 49.5 Å². The van der Waals surface area contributed by atoms with Crippen LogP contribution in [0.2, 0.25) is 0 Å². The lowest BCUT2D eigenvalue weighted by atomic mass is 9.81. The van der Waals surface area contributed by atoms with Gasteiger partial charge in [-0.25, -0.2) is 9.97 Å². The normalized spacial score (nSPS) is 22.4. The lowest BCUT2D eigenvalue weighted by Gasteiger charge is -2.32. The smallest absolute Gasteiger partial charge is 0.399 e. The summed E-state index contributed by atoms with van der Waals surface area (Å²) in [5, 5.41) is 0. The molecule has 1 aliphatic carbocycles. The van der Waals surface area contributed by atoms with E-state index in [1.54, 1.807) is 0 Å². The topological polar surface area (TPSA) is 47.5 Å². The highest BCUT2D eigenvalue weighted by Crippen LogP contribution is 2.36. The Balaban J connectivity index is 1.71. The highest BCUT2D eigenvalue weighted by Gasteiger charge is 2.52. The maximum absolute atomic E-state index is 6.06. The molecule has 126 valence electrons. The largest absolute Gasteiger partial charge is 0.498 e. The van der Waals surface area contributed by atoms with Crippen LogP contribution in [0, 0.1) is 5.92 Å². The summed E-state index contributed by atoms with van der Waals surface area (Å²) < 4.78 is 12.1. The van der Waals surface area contributed by atoms with E-state index in [0.29, 0.717) is 0 Å². The van der Waals surface area contributed by atoms with E-state index < -0.39 is 7.12 Å². The lowest BCUT2D eigenvalue weighted by Crippen LogP contribution is -2.41. The first-order valence-electron chi connectivity index (χ1n) is 8.75. The number of nitrogens with zero attached hydrogens (tertiary/aromatic N) is 3. The first-order valence-corrected chi connectivity index (χ1v) is 8.75. The zero-order chi connectivity index (χ0) is 16.7. The van der Waals surface area contributed by atoms with Crippen molar-refractivity contribution in [1.82, 2.24) is 9.97 Å². The summed E-state index contributed by atoms with van der Waals surface area (Å²) in [5.74, 6) is 1.65. The molecular weight excluding hydrogens is 289 g/mol. The van der Waals surface area contributed by atoms with Crippen molar-refractivity contribution in [2.45, 2.75) is 65.1 Å². The molecule has 0 N–H and O–H groups in total. The second kappa shape index (κ2) is 6.06. The molecule has 1 aromatic rings. The molecule has 1 saturated carbocycles. The molecule has 0 bridgehead atoms. The molecule has 0 unspecified atom stereocenters. The van der Waals surface area contributed by atoms with Gasteiger partial charge in [0.05, 0.1) is 11.2 Å². The van der Waals surface area contributed by atoms with Crippen molar-refractivity contribution in [2.24, 2.45) is 5.92 Å². The van der Waals surface area contributed by atoms with Gasteiger partial charge >= 0.3 is 7.12 Å². The molecule has 6 heteroatoms. The molecule has 3 rings (SSSR count). The minimum Gasteiger partial charge on any atom is -0.399 e. The van der Waals surface area contributed by atoms with Gasteiger partial charge in [0, 0.05) is 30.9 Å². The second-order valence-electron chi connectivity index (χ2n) is 7.79. The average Bonchev–Trinajstić information content (AvgIpc) is 3.26. The molecule has 5 nitrogen and oxygen atoms in total. The van der Waals surface area contributed by atoms with E-state index in [4.69, 9.17) is 9.31 Å². The Bertz CT molecular complexity index is 527. The van der Waals surface area contributed by atoms with Gasteiger partial charge in [0.25, 0.3) is 0 Å². The van der Waals surface area contributed by atoms with Crippen LogP contribution in [0.3, 0.4) is 0 Å². The Kier molecular flexibility index (Phi) is 4.40. The monoisotopic (exact) mass is 317 g/mol. The average molecular weight is 317 g/mol. The maximum atomic E-state index is 6.06. The van der Waals surface area contributed by atoms with Crippen molar-refractivity contribution in [3.05, 3.63) is 12.4 Å². The number of rotatable bonds is 6. The van der Waals surface area contributed by atoms with Crippen molar-refractivity contribution < 1.29 is 9.31 Å². The van der Waals surface area contributed by atoms with Gasteiger partial charge < -0.3 is 14.2 Å². The number of aromatic nitrogens is 2. The van der Waals surface area contributed by atoms with Gasteiger partial charge in [0.15, 0.2) is 0 Å². The summed E-state index contributed by atoms with van der Waals surface area (Å²) in [7, 11) is -0.392. The van der Waals surface area contributed by atoms with E-state index in [-0.39, 0.29) is 11.2 Å². The molecule has 0 aromatic carbocycles. The van der Waals surface area contributed by atoms with Gasteiger partial charge in [-0.2, -0.15) is 0 Å². The molecule has 1 aromatic heterocycles. The molecule has 0 amide bonds. The van der Waals surface area contributed by atoms with Crippen LogP contribution >= 0.6 is 0 Å². The Hall–Kier alpha value is -1.14. The van der Waals surface area contributed by atoms with Crippen LogP contribution in [0.1, 0.15) is 53.9 Å². The van der Waals surface area contributed by atoms with Crippen LogP contribution in [0.15, 0.2) is 12.4 Å². The maximum Gasteiger partial charge on any atom is 0.498 e. The van der Waals surface area contributed by atoms with Gasteiger partial charge in [-0.15, -0.1) is 0 Å². The van der Waals surface area contributed by atoms with Gasteiger partial charge in [0.2, 0.25) is 5.95 Å². The summed E-state index contributed by atoms with van der Waals surface area (Å²) in [6, 6.07) is 0. The fourth-order valence-corrected chi connectivity index (χ4v) is 2.75. The predicted octanol–water partition coefficient (Wildman–Crippen LogP) is 2.40. The van der Waals surface area contributed by atoms with E-state index in [9.17, 15) is 0 Å². The van der Waals surface area contributed by atoms with E-state index >= 15 is 0 Å². The summed E-state index contributed by atoms with van der Waals surface area (Å²) in [4.78, 5) is 11.4. The van der Waals surface area contributed by atoms with Crippen molar-refractivity contribution in [1.29, 1.82) is 0 Å². The first kappa shape index (κ1) is 16.7. The van der Waals surface area contributed by atoms with E-state index in [1.165, 1.54) is 12.8 Å². The Morgan fingerprint density at radius 3 is 2.17 bits per heavy atom. The molecule has 1 saturated heterocycles. The molecule has 2 aliphatic rings. The number of anilines is 1. The minimum atomic E-state index is -0.392. The minimum absolute atomic E-state index is 0.337. The molecule has 0 spiro atoms. The summed E-state index contributed by atoms with van der Waals surface area (Å²) >= 11 is 0. The van der Waals surface area contributed by atoms with Gasteiger partial charge in [-0.3, -0.25) is 0 Å². The number of hydrogen-bond donors (Lipinski definition) is 0. The second-order valence-corrected chi connectivity index (χ2v) is 7.79. The van der Waals surface area contributed by atoms with Crippen LogP contribution in [0.5, 0.6) is 0 Å². The zero-order valence-corrected chi connectivity index (χ0v) is 15.0. The Morgan fingerprint density at radius 1 is 1.13 bits per heavy atom. The summed E-state index contributed by atoms with van der Waals surface area (Å²) in [6.45, 7) is 12.5. The predicted molar refractivity (Wildman–Crippen MR) is 93.0 cm³/mol. The molecular formula is C17H28BN3O2. The fraction of sp³-hybridized carbons (Fsp3) is 0.765. The van der Waals surface area contributed by atoms with Crippen molar-refractivity contribution in [2.75, 3.05) is 18.0 Å². The number of hydrogen-bond acceptors (Lipinski definition) is 5. The Morgan fingerprint density at radius 2 is 1.70 bits per heavy atom. The third-order valence-electron chi connectivity index (χ3n) is 5.14. The standard InChI is InChI=1S/C17H28BN3O2/c1-6-9-21(12-13-7-8-13)15-19-10-14(11-20-15)18-22-16(2,3)17(4,5)23-18/h10-11,13H,6-9,12H2,1-5H3. The first-order chi connectivity index (χ1) is 10.8. The van der Waals surface area contributed by atoms with E-state index in [1.807, 2.05) is 12.4 Å². The quantitative estimate of drug-likeness (QED) is 0.754. The molecule has 2 heterocycles. The molecule has 0 atom stereocenters. The van der Waals surface area contributed by atoms with Crippen LogP contribution in [-0.4, -0.2) is 41.4 Å². The van der Waals surface area contributed by atoms with Crippen molar-refractivity contribution >= 4 is 18.5 Å². The van der Waals surface area contributed by atoms with Crippen LogP contribution in [0.25, 0.3) is 0 Å². The fourth-order valence-electron chi connectivity index (χ4n) is 2.75. The van der Waals surface area contributed by atoms with Gasteiger partial charge in [-0.05, 0) is 52.9 Å². The highest BCUT2D eigenvalue weighted by molar-refractivity contribution is 6.61. The molecule has 0 radical (unpaired) electrons. The Labute approximate surface area is 139 Å². The SMILES string of the molecule is CCCN(CC1CC1)c1ncc(B2OC(C)(C)C(C)(C)O2)cn1. The molecule has 2 fully saturated rings. The zero-order valence-electron chi connectivity index (χ0n) is 15.0. The third-order valence-corrected chi connectivity index (χ3v) is 5.14. The molecule has 23 heavy (non-hydrogen) atoms. The van der Waals surface area contributed by atoms with Gasteiger partial charge in [0.1, 0.15) is 0 Å². The van der Waals surface area contributed by atoms with Crippen molar-refractivity contribution in [3.8, 4) is 0 Å². The van der Waals surface area contributed by atoms with E-state index in [0.717, 1.165) is 36.8 Å². The van der Waals surface area contributed by atoms with Crippen molar-refractivity contribution in [3.63, 3.8) is 0 Å². The summed E-state index contributed by atoms with van der Waals surface area (Å²) in [5.41, 5.74) is 0.211. The van der Waals surface area contributed by atoms with Gasteiger partial charge in [-0.1, -0.05) is 6.92 Å². The van der Waals surface area contributed by atoms with Crippen LogP contribution < -0.4 is 10.4 Å². The van der Waals surface area contributed by atoms with Crippen LogP contribution in [0.4, 0.5) is 5.95 Å².